The minimum Gasteiger partial charge on any atom is -0.497 e. The molecular weight excluding hydrogens is 294 g/mol. The van der Waals surface area contributed by atoms with E-state index >= 15 is 0 Å². The van der Waals surface area contributed by atoms with Crippen LogP contribution in [-0.4, -0.2) is 33.6 Å². The molecular formula is C16H19N5O2. The van der Waals surface area contributed by atoms with Crippen LogP contribution in [0.1, 0.15) is 11.5 Å². The second-order valence-electron chi connectivity index (χ2n) is 5.19. The van der Waals surface area contributed by atoms with Gasteiger partial charge in [-0.05, 0) is 36.8 Å². The molecule has 0 radical (unpaired) electrons. The van der Waals surface area contributed by atoms with Gasteiger partial charge < -0.3 is 14.5 Å². The first-order valence-electron chi connectivity index (χ1n) is 7.41. The molecule has 3 rings (SSSR count). The first-order valence-corrected chi connectivity index (χ1v) is 7.41. The standard InChI is InChI=1S/C16H19N5O2/c1-12-9-18-21(11-12)8-7-17-10-15-19-20-16(23-15)13-3-5-14(22-2)6-4-13/h3-6,9,11,17H,7-8,10H2,1-2H3. The summed E-state index contributed by atoms with van der Waals surface area (Å²) in [7, 11) is 1.63. The largest absolute Gasteiger partial charge is 0.497 e. The summed E-state index contributed by atoms with van der Waals surface area (Å²) in [6, 6.07) is 7.51. The van der Waals surface area contributed by atoms with Gasteiger partial charge in [0.25, 0.3) is 0 Å². The second kappa shape index (κ2) is 7.06. The Balaban J connectivity index is 1.50. The molecule has 7 heteroatoms. The quantitative estimate of drug-likeness (QED) is 0.673. The summed E-state index contributed by atoms with van der Waals surface area (Å²) in [5.74, 6) is 1.86. The van der Waals surface area contributed by atoms with Crippen LogP contribution in [0.5, 0.6) is 5.75 Å². The maximum Gasteiger partial charge on any atom is 0.247 e. The molecule has 120 valence electrons. The molecule has 0 aliphatic heterocycles. The summed E-state index contributed by atoms with van der Waals surface area (Å²) in [5.41, 5.74) is 2.03. The van der Waals surface area contributed by atoms with E-state index in [2.05, 4.69) is 20.6 Å². The van der Waals surface area contributed by atoms with Crippen molar-refractivity contribution in [1.82, 2.24) is 25.3 Å². The van der Waals surface area contributed by atoms with E-state index in [1.807, 2.05) is 48.3 Å². The monoisotopic (exact) mass is 313 g/mol. The van der Waals surface area contributed by atoms with Gasteiger partial charge in [0, 0.05) is 18.3 Å². The fourth-order valence-electron chi connectivity index (χ4n) is 2.15. The van der Waals surface area contributed by atoms with Gasteiger partial charge in [0.15, 0.2) is 0 Å². The number of methoxy groups -OCH3 is 1. The van der Waals surface area contributed by atoms with Crippen molar-refractivity contribution in [3.8, 4) is 17.2 Å². The molecule has 1 aromatic carbocycles. The molecule has 0 saturated carbocycles. The summed E-state index contributed by atoms with van der Waals surface area (Å²) in [6.45, 7) is 4.13. The maximum atomic E-state index is 5.65. The Bertz CT molecular complexity index is 748. The minimum atomic E-state index is 0.507. The molecule has 0 unspecified atom stereocenters. The van der Waals surface area contributed by atoms with Gasteiger partial charge in [0.2, 0.25) is 11.8 Å². The van der Waals surface area contributed by atoms with Gasteiger partial charge in [-0.2, -0.15) is 5.10 Å². The number of benzene rings is 1. The number of nitrogens with one attached hydrogen (secondary N) is 1. The number of ether oxygens (including phenoxy) is 1. The van der Waals surface area contributed by atoms with Gasteiger partial charge in [-0.15, -0.1) is 10.2 Å². The zero-order chi connectivity index (χ0) is 16.1. The highest BCUT2D eigenvalue weighted by Crippen LogP contribution is 2.20. The number of aryl methyl sites for hydroxylation is 1. The Hall–Kier alpha value is -2.67. The van der Waals surface area contributed by atoms with Crippen molar-refractivity contribution < 1.29 is 9.15 Å². The van der Waals surface area contributed by atoms with E-state index in [0.717, 1.165) is 30.0 Å². The molecule has 0 spiro atoms. The third kappa shape index (κ3) is 3.95. The lowest BCUT2D eigenvalue weighted by molar-refractivity contribution is 0.415. The number of hydrogen-bond acceptors (Lipinski definition) is 6. The summed E-state index contributed by atoms with van der Waals surface area (Å²) in [6.07, 6.45) is 3.86. The predicted octanol–water partition coefficient (Wildman–Crippen LogP) is 2.04. The predicted molar refractivity (Wildman–Crippen MR) is 85.0 cm³/mol. The normalized spacial score (nSPS) is 10.9. The zero-order valence-corrected chi connectivity index (χ0v) is 13.2. The van der Waals surface area contributed by atoms with E-state index in [-0.39, 0.29) is 0 Å². The van der Waals surface area contributed by atoms with E-state index in [1.54, 1.807) is 7.11 Å². The lowest BCUT2D eigenvalue weighted by atomic mass is 10.2. The van der Waals surface area contributed by atoms with Gasteiger partial charge in [-0.1, -0.05) is 0 Å². The van der Waals surface area contributed by atoms with Gasteiger partial charge in [0.1, 0.15) is 5.75 Å². The average molecular weight is 313 g/mol. The molecule has 0 amide bonds. The van der Waals surface area contributed by atoms with Crippen molar-refractivity contribution in [2.75, 3.05) is 13.7 Å². The molecule has 0 bridgehead atoms. The SMILES string of the molecule is COc1ccc(-c2nnc(CNCCn3cc(C)cn3)o2)cc1. The first kappa shape index (κ1) is 15.2. The van der Waals surface area contributed by atoms with Crippen LogP contribution in [0.3, 0.4) is 0 Å². The van der Waals surface area contributed by atoms with Crippen LogP contribution in [0.15, 0.2) is 41.1 Å². The van der Waals surface area contributed by atoms with E-state index < -0.39 is 0 Å². The Morgan fingerprint density at radius 1 is 1.22 bits per heavy atom. The molecule has 3 aromatic rings. The highest BCUT2D eigenvalue weighted by atomic mass is 16.5. The second-order valence-corrected chi connectivity index (χ2v) is 5.19. The van der Waals surface area contributed by atoms with Crippen LogP contribution < -0.4 is 10.1 Å². The number of hydrogen-bond donors (Lipinski definition) is 1. The Labute approximate surface area is 134 Å². The van der Waals surface area contributed by atoms with E-state index in [0.29, 0.717) is 18.3 Å². The van der Waals surface area contributed by atoms with Crippen molar-refractivity contribution in [2.24, 2.45) is 0 Å². The highest BCUT2D eigenvalue weighted by Gasteiger charge is 2.08. The molecule has 2 heterocycles. The van der Waals surface area contributed by atoms with Crippen LogP contribution in [0, 0.1) is 6.92 Å². The van der Waals surface area contributed by atoms with Crippen LogP contribution >= 0.6 is 0 Å². The molecule has 0 aliphatic rings. The maximum absolute atomic E-state index is 5.65. The highest BCUT2D eigenvalue weighted by molar-refractivity contribution is 5.53. The van der Waals surface area contributed by atoms with Crippen molar-refractivity contribution >= 4 is 0 Å². The van der Waals surface area contributed by atoms with Crippen LogP contribution in [0.2, 0.25) is 0 Å². The lowest BCUT2D eigenvalue weighted by Crippen LogP contribution is -2.19. The summed E-state index contributed by atoms with van der Waals surface area (Å²) in [5, 5.41) is 15.6. The molecule has 1 N–H and O–H groups in total. The topological polar surface area (TPSA) is 78.0 Å². The van der Waals surface area contributed by atoms with Gasteiger partial charge in [0.05, 0.1) is 26.4 Å². The molecule has 0 atom stereocenters. The number of rotatable bonds is 7. The molecule has 0 fully saturated rings. The number of nitrogens with zero attached hydrogens (tertiary/aromatic N) is 4. The molecule has 23 heavy (non-hydrogen) atoms. The van der Waals surface area contributed by atoms with Gasteiger partial charge in [-0.25, -0.2) is 0 Å². The molecule has 0 saturated heterocycles. The number of aromatic nitrogens is 4. The first-order chi connectivity index (χ1) is 11.2. The van der Waals surface area contributed by atoms with Crippen LogP contribution in [0.4, 0.5) is 0 Å². The van der Waals surface area contributed by atoms with Crippen LogP contribution in [0.25, 0.3) is 11.5 Å². The minimum absolute atomic E-state index is 0.507. The van der Waals surface area contributed by atoms with E-state index in [1.165, 1.54) is 0 Å². The summed E-state index contributed by atoms with van der Waals surface area (Å²) < 4.78 is 12.7. The summed E-state index contributed by atoms with van der Waals surface area (Å²) >= 11 is 0. The Morgan fingerprint density at radius 3 is 2.74 bits per heavy atom. The smallest absolute Gasteiger partial charge is 0.247 e. The van der Waals surface area contributed by atoms with E-state index in [4.69, 9.17) is 9.15 Å². The van der Waals surface area contributed by atoms with Crippen molar-refractivity contribution in [3.63, 3.8) is 0 Å². The molecule has 2 aromatic heterocycles. The van der Waals surface area contributed by atoms with E-state index in [9.17, 15) is 0 Å². The molecule has 0 aliphatic carbocycles. The van der Waals surface area contributed by atoms with Gasteiger partial charge in [-0.3, -0.25) is 4.68 Å². The summed E-state index contributed by atoms with van der Waals surface area (Å²) in [4.78, 5) is 0. The Kier molecular flexibility index (Phi) is 4.68. The third-order valence-corrected chi connectivity index (χ3v) is 3.36. The fraction of sp³-hybridized carbons (Fsp3) is 0.312. The van der Waals surface area contributed by atoms with Crippen molar-refractivity contribution in [3.05, 3.63) is 48.1 Å². The van der Waals surface area contributed by atoms with Crippen molar-refractivity contribution in [2.45, 2.75) is 20.0 Å². The van der Waals surface area contributed by atoms with Crippen LogP contribution in [-0.2, 0) is 13.1 Å². The average Bonchev–Trinajstić information content (AvgIpc) is 3.21. The van der Waals surface area contributed by atoms with Gasteiger partial charge >= 0.3 is 0 Å². The molecule has 7 nitrogen and oxygen atoms in total. The zero-order valence-electron chi connectivity index (χ0n) is 13.2. The lowest BCUT2D eigenvalue weighted by Gasteiger charge is -2.02. The fourth-order valence-corrected chi connectivity index (χ4v) is 2.15. The van der Waals surface area contributed by atoms with Crippen molar-refractivity contribution in [1.29, 1.82) is 0 Å². The third-order valence-electron chi connectivity index (χ3n) is 3.36. The Morgan fingerprint density at radius 2 is 2.04 bits per heavy atom.